The smallest absolute Gasteiger partial charge is 0.0991 e. The molecule has 2 aromatic carbocycles. The van der Waals surface area contributed by atoms with Crippen LogP contribution in [-0.4, -0.2) is 29.4 Å². The van der Waals surface area contributed by atoms with Crippen LogP contribution < -0.4 is 5.32 Å². The predicted octanol–water partition coefficient (Wildman–Crippen LogP) is 3.10. The Balaban J connectivity index is 0.00000208. The molecule has 24 heavy (non-hydrogen) atoms. The van der Waals surface area contributed by atoms with E-state index in [9.17, 15) is 5.11 Å². The Morgan fingerprint density at radius 3 is 2.58 bits per heavy atom. The van der Waals surface area contributed by atoms with Gasteiger partial charge in [0.25, 0.3) is 0 Å². The van der Waals surface area contributed by atoms with Gasteiger partial charge in [-0.15, -0.1) is 12.4 Å². The summed E-state index contributed by atoms with van der Waals surface area (Å²) in [4.78, 5) is 0. The van der Waals surface area contributed by atoms with Crippen LogP contribution in [0.25, 0.3) is 10.9 Å². The van der Waals surface area contributed by atoms with E-state index in [1.165, 1.54) is 0 Å². The number of nitriles is 1. The third-order valence-corrected chi connectivity index (χ3v) is 4.07. The average molecular weight is 342 g/mol. The highest BCUT2D eigenvalue weighted by Crippen LogP contribution is 2.28. The van der Waals surface area contributed by atoms with E-state index in [1.807, 2.05) is 67.8 Å². The van der Waals surface area contributed by atoms with Gasteiger partial charge in [-0.25, -0.2) is 0 Å². The number of rotatable bonds is 5. The van der Waals surface area contributed by atoms with Crippen LogP contribution in [-0.2, 0) is 0 Å². The van der Waals surface area contributed by atoms with Crippen molar-refractivity contribution in [3.8, 4) is 6.07 Å². The van der Waals surface area contributed by atoms with E-state index < -0.39 is 6.10 Å². The molecule has 0 aliphatic heterocycles. The Hall–Kier alpha value is -2.32. The topological polar surface area (TPSA) is 61.0 Å². The standard InChI is InChI=1S/C19H19N3O.ClH/c1-21-13-18(23)19(15-5-3-2-4-6-15)22-10-9-16-11-14(12-20)7-8-17(16)22;/h2-11,18-19,21,23H,13H2,1H3;1H/t18-,19+;/m1./s1. The van der Waals surface area contributed by atoms with Gasteiger partial charge in [-0.3, -0.25) is 0 Å². The molecule has 0 aliphatic rings. The molecule has 3 rings (SSSR count). The summed E-state index contributed by atoms with van der Waals surface area (Å²) in [6.45, 7) is 0.496. The van der Waals surface area contributed by atoms with Crippen molar-refractivity contribution in [2.45, 2.75) is 12.1 Å². The highest BCUT2D eigenvalue weighted by Gasteiger charge is 2.23. The lowest BCUT2D eigenvalue weighted by atomic mass is 10.0. The molecule has 0 unspecified atom stereocenters. The molecule has 3 aromatic rings. The number of aliphatic hydroxyl groups is 1. The van der Waals surface area contributed by atoms with Crippen LogP contribution >= 0.6 is 12.4 Å². The van der Waals surface area contributed by atoms with Crippen molar-refractivity contribution in [3.05, 3.63) is 71.9 Å². The van der Waals surface area contributed by atoms with Crippen molar-refractivity contribution in [2.24, 2.45) is 0 Å². The number of nitrogens with one attached hydrogen (secondary N) is 1. The molecule has 0 bridgehead atoms. The number of benzene rings is 2. The van der Waals surface area contributed by atoms with Crippen molar-refractivity contribution in [1.29, 1.82) is 5.26 Å². The highest BCUT2D eigenvalue weighted by molar-refractivity contribution is 5.85. The predicted molar refractivity (Wildman–Crippen MR) is 98.4 cm³/mol. The number of halogens is 1. The maximum atomic E-state index is 10.7. The maximum Gasteiger partial charge on any atom is 0.0991 e. The summed E-state index contributed by atoms with van der Waals surface area (Å²) >= 11 is 0. The lowest BCUT2D eigenvalue weighted by molar-refractivity contribution is 0.132. The molecule has 2 N–H and O–H groups in total. The number of aliphatic hydroxyl groups excluding tert-OH is 1. The molecule has 0 fully saturated rings. The summed E-state index contributed by atoms with van der Waals surface area (Å²) in [7, 11) is 1.83. The number of fused-ring (bicyclic) bond motifs is 1. The second-order valence-electron chi connectivity index (χ2n) is 5.59. The molecule has 0 saturated carbocycles. The fourth-order valence-electron chi connectivity index (χ4n) is 3.02. The lowest BCUT2D eigenvalue weighted by Crippen LogP contribution is -2.33. The van der Waals surface area contributed by atoms with E-state index >= 15 is 0 Å². The second kappa shape index (κ2) is 7.98. The largest absolute Gasteiger partial charge is 0.389 e. The van der Waals surface area contributed by atoms with Crippen molar-refractivity contribution in [2.75, 3.05) is 13.6 Å². The zero-order valence-corrected chi connectivity index (χ0v) is 14.2. The first-order valence-corrected chi connectivity index (χ1v) is 7.63. The molecular weight excluding hydrogens is 322 g/mol. The van der Waals surface area contributed by atoms with Crippen LogP contribution in [0.2, 0.25) is 0 Å². The highest BCUT2D eigenvalue weighted by atomic mass is 35.5. The number of likely N-dealkylation sites (N-methyl/N-ethyl adjacent to an activating group) is 1. The van der Waals surface area contributed by atoms with Gasteiger partial charge >= 0.3 is 0 Å². The molecule has 0 aliphatic carbocycles. The fourth-order valence-corrected chi connectivity index (χ4v) is 3.02. The average Bonchev–Trinajstić information content (AvgIpc) is 2.99. The minimum atomic E-state index is -0.561. The zero-order valence-electron chi connectivity index (χ0n) is 13.4. The van der Waals surface area contributed by atoms with Gasteiger partial charge in [-0.2, -0.15) is 5.26 Å². The normalized spacial score (nSPS) is 13.0. The summed E-state index contributed by atoms with van der Waals surface area (Å²) in [6.07, 6.45) is 1.41. The number of nitrogens with zero attached hydrogens (tertiary/aromatic N) is 2. The summed E-state index contributed by atoms with van der Waals surface area (Å²) in [6, 6.07) is 19.6. The SMILES string of the molecule is CNC[C@@H](O)[C@H](c1ccccc1)n1ccc2cc(C#N)ccc21.Cl. The fraction of sp³-hybridized carbons (Fsp3) is 0.211. The van der Waals surface area contributed by atoms with Crippen LogP contribution in [0.1, 0.15) is 17.2 Å². The van der Waals surface area contributed by atoms with Crippen LogP contribution in [0.3, 0.4) is 0 Å². The van der Waals surface area contributed by atoms with Gasteiger partial charge in [0.2, 0.25) is 0 Å². The first-order valence-electron chi connectivity index (χ1n) is 7.63. The second-order valence-corrected chi connectivity index (χ2v) is 5.59. The first-order chi connectivity index (χ1) is 11.2. The molecule has 0 spiro atoms. The lowest BCUT2D eigenvalue weighted by Gasteiger charge is -2.26. The number of hydrogen-bond donors (Lipinski definition) is 2. The molecule has 0 radical (unpaired) electrons. The molecule has 1 heterocycles. The Bertz CT molecular complexity index is 839. The van der Waals surface area contributed by atoms with Gasteiger partial charge in [-0.1, -0.05) is 30.3 Å². The van der Waals surface area contributed by atoms with E-state index in [0.29, 0.717) is 12.1 Å². The molecular formula is C19H20ClN3O. The molecule has 124 valence electrons. The van der Waals surface area contributed by atoms with Gasteiger partial charge in [0, 0.05) is 23.6 Å². The van der Waals surface area contributed by atoms with Crippen LogP contribution in [0.4, 0.5) is 0 Å². The van der Waals surface area contributed by atoms with Crippen molar-refractivity contribution >= 4 is 23.3 Å². The van der Waals surface area contributed by atoms with Gasteiger partial charge in [0.15, 0.2) is 0 Å². The number of hydrogen-bond acceptors (Lipinski definition) is 3. The third-order valence-electron chi connectivity index (χ3n) is 4.07. The quantitative estimate of drug-likeness (QED) is 0.749. The van der Waals surface area contributed by atoms with E-state index in [0.717, 1.165) is 16.5 Å². The van der Waals surface area contributed by atoms with E-state index in [1.54, 1.807) is 0 Å². The first kappa shape index (κ1) is 18.0. The zero-order chi connectivity index (χ0) is 16.2. The number of aromatic nitrogens is 1. The molecule has 0 amide bonds. The minimum absolute atomic E-state index is 0. The van der Waals surface area contributed by atoms with Gasteiger partial charge in [0.05, 0.1) is 23.8 Å². The Labute approximate surface area is 147 Å². The van der Waals surface area contributed by atoms with Crippen LogP contribution in [0.5, 0.6) is 0 Å². The Morgan fingerprint density at radius 1 is 1.17 bits per heavy atom. The monoisotopic (exact) mass is 341 g/mol. The summed E-state index contributed by atoms with van der Waals surface area (Å²) < 4.78 is 2.08. The van der Waals surface area contributed by atoms with E-state index in [-0.39, 0.29) is 18.4 Å². The summed E-state index contributed by atoms with van der Waals surface area (Å²) in [5, 5.41) is 23.7. The summed E-state index contributed by atoms with van der Waals surface area (Å²) in [5.41, 5.74) is 2.70. The van der Waals surface area contributed by atoms with Gasteiger partial charge < -0.3 is 15.0 Å². The van der Waals surface area contributed by atoms with Crippen LogP contribution in [0, 0.1) is 11.3 Å². The minimum Gasteiger partial charge on any atom is -0.389 e. The van der Waals surface area contributed by atoms with Crippen molar-refractivity contribution in [3.63, 3.8) is 0 Å². The molecule has 4 nitrogen and oxygen atoms in total. The molecule has 5 heteroatoms. The van der Waals surface area contributed by atoms with E-state index in [4.69, 9.17) is 5.26 Å². The third kappa shape index (κ3) is 3.44. The van der Waals surface area contributed by atoms with Crippen molar-refractivity contribution < 1.29 is 5.11 Å². The molecule has 1 aromatic heterocycles. The summed E-state index contributed by atoms with van der Waals surface area (Å²) in [5.74, 6) is 0. The van der Waals surface area contributed by atoms with Crippen molar-refractivity contribution in [1.82, 2.24) is 9.88 Å². The maximum absolute atomic E-state index is 10.7. The van der Waals surface area contributed by atoms with Gasteiger partial charge in [0.1, 0.15) is 0 Å². The Morgan fingerprint density at radius 2 is 1.92 bits per heavy atom. The molecule has 2 atom stereocenters. The Kier molecular flexibility index (Phi) is 5.99. The van der Waals surface area contributed by atoms with Gasteiger partial charge in [-0.05, 0) is 36.9 Å². The molecule has 0 saturated heterocycles. The van der Waals surface area contributed by atoms with Crippen LogP contribution in [0.15, 0.2) is 60.8 Å². The van der Waals surface area contributed by atoms with E-state index in [2.05, 4.69) is 16.0 Å².